The molecule has 0 fully saturated rings. The second-order valence-corrected chi connectivity index (χ2v) is 9.76. The lowest BCUT2D eigenvalue weighted by atomic mass is 9.94. The van der Waals surface area contributed by atoms with E-state index in [4.69, 9.17) is 9.47 Å². The van der Waals surface area contributed by atoms with Crippen molar-refractivity contribution in [3.8, 4) is 38.9 Å². The van der Waals surface area contributed by atoms with Crippen molar-refractivity contribution in [3.63, 3.8) is 0 Å². The van der Waals surface area contributed by atoms with Crippen LogP contribution in [0.3, 0.4) is 0 Å². The van der Waals surface area contributed by atoms with Gasteiger partial charge in [-0.25, -0.2) is 0 Å². The van der Waals surface area contributed by atoms with Crippen molar-refractivity contribution in [3.05, 3.63) is 83.4 Å². The Hall–Kier alpha value is -3.39. The zero-order chi connectivity index (χ0) is 24.9. The van der Waals surface area contributed by atoms with Crippen LogP contribution in [0, 0.1) is 13.8 Å². The monoisotopic (exact) mass is 491 g/mol. The van der Waals surface area contributed by atoms with Gasteiger partial charge in [0.1, 0.15) is 18.1 Å². The number of aryl methyl sites for hydroxylation is 2. The summed E-state index contributed by atoms with van der Waals surface area (Å²) in [5.41, 5.74) is 6.30. The molecule has 2 atom stereocenters. The van der Waals surface area contributed by atoms with Gasteiger partial charge in [-0.3, -0.25) is 0 Å². The lowest BCUT2D eigenvalue weighted by Gasteiger charge is -2.15. The molecule has 4 rings (SSSR count). The number of aliphatic hydroxyl groups is 1. The second-order valence-electron chi connectivity index (χ2n) is 8.64. The fraction of sp³-hybridized carbons (Fsp3) is 0.250. The van der Waals surface area contributed by atoms with E-state index in [1.165, 1.54) is 11.6 Å². The second kappa shape index (κ2) is 10.9. The number of aliphatic hydroxyl groups excluding tert-OH is 1. The molecule has 7 heteroatoms. The highest BCUT2D eigenvalue weighted by atomic mass is 32.2. The molecule has 2 N–H and O–H groups in total. The van der Waals surface area contributed by atoms with Gasteiger partial charge in [-0.05, 0) is 91.1 Å². The number of nitrogens with zero attached hydrogens (tertiary/aromatic N) is 1. The molecule has 0 saturated heterocycles. The van der Waals surface area contributed by atoms with E-state index in [1.54, 1.807) is 19.1 Å². The van der Waals surface area contributed by atoms with Gasteiger partial charge in [-0.2, -0.15) is 0 Å². The van der Waals surface area contributed by atoms with E-state index in [1.807, 2.05) is 36.4 Å². The maximum atomic E-state index is 11.9. The van der Waals surface area contributed by atoms with Crippen LogP contribution in [0.1, 0.15) is 30.0 Å². The standard InChI is InChI=1S/C28H29NO5S/c1-18-13-25(33-12-11-20(3)30)14-19(2)28(18)23-6-4-5-21(15-23)17-34-24-9-7-22(8-10-24)26-16-27(31)29-35(26)32/h4-10,13-16,20,30H,11-12,17H2,1-3H3,(H,29,31)/t20-,35?/m1/s1. The molecular weight excluding hydrogens is 462 g/mol. The molecule has 1 aromatic heterocycles. The van der Waals surface area contributed by atoms with Crippen LogP contribution in [0.25, 0.3) is 21.6 Å². The first kappa shape index (κ1) is 24.7. The van der Waals surface area contributed by atoms with E-state index in [0.29, 0.717) is 30.3 Å². The molecule has 1 unspecified atom stereocenters. The van der Waals surface area contributed by atoms with Crippen molar-refractivity contribution in [1.29, 1.82) is 0 Å². The summed E-state index contributed by atoms with van der Waals surface area (Å²) in [6.07, 6.45) is 0.221. The zero-order valence-electron chi connectivity index (χ0n) is 20.0. The summed E-state index contributed by atoms with van der Waals surface area (Å²) in [6, 6.07) is 21.0. The average Bonchev–Trinajstić information content (AvgIpc) is 3.15. The summed E-state index contributed by atoms with van der Waals surface area (Å²) in [4.78, 5) is 0.479. The van der Waals surface area contributed by atoms with E-state index in [9.17, 15) is 14.8 Å². The summed E-state index contributed by atoms with van der Waals surface area (Å²) >= 11 is 0. The highest BCUT2D eigenvalue weighted by Crippen LogP contribution is 2.35. The largest absolute Gasteiger partial charge is 0.568 e. The summed E-state index contributed by atoms with van der Waals surface area (Å²) in [7, 11) is -1.57. The summed E-state index contributed by atoms with van der Waals surface area (Å²) in [5, 5.41) is 18.9. The first-order valence-corrected chi connectivity index (χ1v) is 12.6. The molecule has 0 aliphatic rings. The molecular formula is C28H29NO5S. The lowest BCUT2D eigenvalue weighted by molar-refractivity contribution is 0.155. The van der Waals surface area contributed by atoms with Gasteiger partial charge in [0.25, 0.3) is 5.88 Å². The van der Waals surface area contributed by atoms with Crippen LogP contribution in [-0.2, 0) is 6.61 Å². The number of hydrogen-bond acceptors (Lipinski definition) is 6. The maximum Gasteiger partial charge on any atom is 0.270 e. The molecule has 4 aromatic rings. The third-order valence-electron chi connectivity index (χ3n) is 5.70. The fourth-order valence-electron chi connectivity index (χ4n) is 4.02. The quantitative estimate of drug-likeness (QED) is 0.271. The van der Waals surface area contributed by atoms with Crippen LogP contribution >= 0.6 is 10.9 Å². The Morgan fingerprint density at radius 3 is 2.26 bits per heavy atom. The average molecular weight is 492 g/mol. The number of benzene rings is 3. The molecule has 0 aliphatic carbocycles. The van der Waals surface area contributed by atoms with Gasteiger partial charge in [0, 0.05) is 16.4 Å². The summed E-state index contributed by atoms with van der Waals surface area (Å²) in [5.74, 6) is 1.29. The minimum absolute atomic E-state index is 0.220. The Labute approximate surface area is 208 Å². The third-order valence-corrected chi connectivity index (χ3v) is 6.78. The third kappa shape index (κ3) is 6.19. The minimum Gasteiger partial charge on any atom is -0.568 e. The molecule has 0 aliphatic heterocycles. The number of aromatic nitrogens is 1. The Balaban J connectivity index is 1.44. The predicted molar refractivity (Wildman–Crippen MR) is 137 cm³/mol. The minimum atomic E-state index is -1.57. The van der Waals surface area contributed by atoms with E-state index >= 15 is 0 Å². The number of aromatic hydroxyl groups is 1. The molecule has 0 radical (unpaired) electrons. The van der Waals surface area contributed by atoms with Crippen LogP contribution in [-0.4, -0.2) is 31.9 Å². The van der Waals surface area contributed by atoms with Crippen molar-refractivity contribution in [2.75, 3.05) is 6.61 Å². The van der Waals surface area contributed by atoms with Gasteiger partial charge in [-0.1, -0.05) is 18.2 Å². The topological polar surface area (TPSA) is 94.9 Å². The molecule has 35 heavy (non-hydrogen) atoms. The van der Waals surface area contributed by atoms with Crippen LogP contribution < -0.4 is 9.47 Å². The molecule has 0 spiro atoms. The van der Waals surface area contributed by atoms with Gasteiger partial charge in [-0.15, -0.1) is 0 Å². The molecule has 3 aromatic carbocycles. The Kier molecular flexibility index (Phi) is 7.70. The van der Waals surface area contributed by atoms with Crippen LogP contribution in [0.4, 0.5) is 0 Å². The highest BCUT2D eigenvalue weighted by Gasteiger charge is 2.15. The molecule has 1 heterocycles. The van der Waals surface area contributed by atoms with Gasteiger partial charge >= 0.3 is 0 Å². The normalized spacial score (nSPS) is 12.4. The number of ether oxygens (including phenoxy) is 2. The zero-order valence-corrected chi connectivity index (χ0v) is 20.8. The highest BCUT2D eigenvalue weighted by molar-refractivity contribution is 7.23. The van der Waals surface area contributed by atoms with Crippen molar-refractivity contribution < 1.29 is 24.2 Å². The smallest absolute Gasteiger partial charge is 0.270 e. The summed E-state index contributed by atoms with van der Waals surface area (Å²) < 4.78 is 27.3. The van der Waals surface area contributed by atoms with Gasteiger partial charge in [0.2, 0.25) is 4.88 Å². The van der Waals surface area contributed by atoms with Gasteiger partial charge in [0.05, 0.1) is 29.7 Å². The van der Waals surface area contributed by atoms with E-state index < -0.39 is 10.9 Å². The number of hydrogen-bond donors (Lipinski definition) is 2. The van der Waals surface area contributed by atoms with Crippen LogP contribution in [0.5, 0.6) is 17.4 Å². The Bertz CT molecular complexity index is 1270. The lowest BCUT2D eigenvalue weighted by Crippen LogP contribution is -2.07. The van der Waals surface area contributed by atoms with Gasteiger partial charge < -0.3 is 24.2 Å². The first-order valence-electron chi connectivity index (χ1n) is 11.5. The predicted octanol–water partition coefficient (Wildman–Crippen LogP) is 6.19. The Morgan fingerprint density at radius 1 is 0.914 bits per heavy atom. The van der Waals surface area contributed by atoms with E-state index in [0.717, 1.165) is 33.6 Å². The maximum absolute atomic E-state index is 11.9. The first-order chi connectivity index (χ1) is 16.8. The van der Waals surface area contributed by atoms with Crippen molar-refractivity contribution in [2.45, 2.75) is 39.9 Å². The van der Waals surface area contributed by atoms with E-state index in [2.05, 4.69) is 30.4 Å². The molecule has 0 bridgehead atoms. The van der Waals surface area contributed by atoms with Gasteiger partial charge in [0.15, 0.2) is 0 Å². The van der Waals surface area contributed by atoms with Crippen molar-refractivity contribution in [1.82, 2.24) is 4.37 Å². The molecule has 6 nitrogen and oxygen atoms in total. The Morgan fingerprint density at radius 2 is 1.63 bits per heavy atom. The summed E-state index contributed by atoms with van der Waals surface area (Å²) in [6.45, 7) is 6.80. The van der Waals surface area contributed by atoms with Crippen molar-refractivity contribution in [2.24, 2.45) is 0 Å². The van der Waals surface area contributed by atoms with E-state index in [-0.39, 0.29) is 12.0 Å². The molecule has 0 amide bonds. The van der Waals surface area contributed by atoms with Crippen LogP contribution in [0.2, 0.25) is 0 Å². The SMILES string of the molecule is Cc1cc(OCC[C@@H](C)O)cc(C)c1-c1cccc(COc2ccc(-c3cc(O)n[s+]3[O-])cc2)c1. The van der Waals surface area contributed by atoms with Crippen LogP contribution in [0.15, 0.2) is 66.7 Å². The molecule has 0 saturated carbocycles. The number of rotatable bonds is 9. The van der Waals surface area contributed by atoms with Crippen molar-refractivity contribution >= 4 is 10.9 Å². The fourth-order valence-corrected chi connectivity index (χ4v) is 4.89. The molecule has 182 valence electrons.